The van der Waals surface area contributed by atoms with Crippen LogP contribution in [-0.2, 0) is 6.42 Å². The van der Waals surface area contributed by atoms with Crippen molar-refractivity contribution in [1.82, 2.24) is 5.43 Å². The van der Waals surface area contributed by atoms with Gasteiger partial charge in [0.1, 0.15) is 0 Å². The molecule has 2 nitrogen and oxygen atoms in total. The summed E-state index contributed by atoms with van der Waals surface area (Å²) in [4.78, 5) is 0. The molecule has 94 valence electrons. The second-order valence-electron chi connectivity index (χ2n) is 5.11. The molecule has 3 N–H and O–H groups in total. The lowest BCUT2D eigenvalue weighted by atomic mass is 9.82. The van der Waals surface area contributed by atoms with E-state index in [4.69, 9.17) is 5.84 Å². The van der Waals surface area contributed by atoms with Crippen LogP contribution in [0.3, 0.4) is 0 Å². The number of nitrogens with one attached hydrogen (secondary N) is 1. The summed E-state index contributed by atoms with van der Waals surface area (Å²) in [6.07, 6.45) is 4.85. The van der Waals surface area contributed by atoms with E-state index in [1.165, 1.54) is 36.8 Å². The highest BCUT2D eigenvalue weighted by atomic mass is 15.2. The quantitative estimate of drug-likeness (QED) is 0.605. The molecule has 0 amide bonds. The van der Waals surface area contributed by atoms with E-state index in [2.05, 4.69) is 43.5 Å². The van der Waals surface area contributed by atoms with Crippen molar-refractivity contribution in [2.45, 2.75) is 51.5 Å². The van der Waals surface area contributed by atoms with Gasteiger partial charge in [-0.3, -0.25) is 11.3 Å². The van der Waals surface area contributed by atoms with E-state index in [1.807, 2.05) is 0 Å². The number of nitrogens with two attached hydrogens (primary N) is 1. The summed E-state index contributed by atoms with van der Waals surface area (Å²) in [5.41, 5.74) is 6.12. The molecule has 0 radical (unpaired) electrons. The van der Waals surface area contributed by atoms with Crippen molar-refractivity contribution < 1.29 is 0 Å². The molecule has 0 aromatic heterocycles. The van der Waals surface area contributed by atoms with E-state index < -0.39 is 0 Å². The first kappa shape index (κ1) is 12.6. The fourth-order valence-electron chi connectivity index (χ4n) is 3.34. The molecule has 1 aromatic carbocycles. The van der Waals surface area contributed by atoms with Gasteiger partial charge < -0.3 is 0 Å². The van der Waals surface area contributed by atoms with Gasteiger partial charge in [-0.05, 0) is 29.9 Å². The van der Waals surface area contributed by atoms with Gasteiger partial charge in [-0.2, -0.15) is 0 Å². The van der Waals surface area contributed by atoms with Gasteiger partial charge in [-0.25, -0.2) is 0 Å². The van der Waals surface area contributed by atoms with Gasteiger partial charge in [-0.1, -0.05) is 51.0 Å². The van der Waals surface area contributed by atoms with Crippen molar-refractivity contribution in [3.05, 3.63) is 35.4 Å². The number of hydrogen-bond acceptors (Lipinski definition) is 2. The average molecular weight is 232 g/mol. The summed E-state index contributed by atoms with van der Waals surface area (Å²) in [5.74, 6) is 7.09. The molecule has 0 saturated heterocycles. The molecule has 17 heavy (non-hydrogen) atoms. The minimum Gasteiger partial charge on any atom is -0.271 e. The van der Waals surface area contributed by atoms with Gasteiger partial charge in [0.15, 0.2) is 0 Å². The Morgan fingerprint density at radius 1 is 1.29 bits per heavy atom. The first-order valence-corrected chi connectivity index (χ1v) is 6.85. The molecule has 1 aromatic rings. The maximum atomic E-state index is 5.81. The SMILES string of the molecule is CCC(CC)C(NN)C1CCc2ccccc21. The highest BCUT2D eigenvalue weighted by molar-refractivity contribution is 5.36. The maximum Gasteiger partial charge on any atom is 0.0307 e. The van der Waals surface area contributed by atoms with E-state index in [-0.39, 0.29) is 0 Å². The van der Waals surface area contributed by atoms with E-state index in [0.717, 1.165) is 0 Å². The van der Waals surface area contributed by atoms with E-state index in [1.54, 1.807) is 0 Å². The number of hydrazine groups is 1. The van der Waals surface area contributed by atoms with Crippen LogP contribution in [0.1, 0.15) is 50.2 Å². The van der Waals surface area contributed by atoms with Gasteiger partial charge >= 0.3 is 0 Å². The number of rotatable bonds is 5. The predicted molar refractivity (Wildman–Crippen MR) is 72.7 cm³/mol. The Labute approximate surface area is 105 Å². The van der Waals surface area contributed by atoms with Crippen LogP contribution in [0.4, 0.5) is 0 Å². The summed E-state index contributed by atoms with van der Waals surface area (Å²) in [6, 6.07) is 9.25. The van der Waals surface area contributed by atoms with Crippen molar-refractivity contribution in [1.29, 1.82) is 0 Å². The highest BCUT2D eigenvalue weighted by Gasteiger charge is 2.32. The van der Waals surface area contributed by atoms with E-state index in [9.17, 15) is 0 Å². The van der Waals surface area contributed by atoms with Crippen LogP contribution in [0.2, 0.25) is 0 Å². The molecule has 2 atom stereocenters. The average Bonchev–Trinajstić information content (AvgIpc) is 2.79. The third kappa shape index (κ3) is 2.38. The van der Waals surface area contributed by atoms with E-state index in [0.29, 0.717) is 17.9 Å². The van der Waals surface area contributed by atoms with Crippen molar-refractivity contribution in [3.8, 4) is 0 Å². The Morgan fingerprint density at radius 2 is 2.00 bits per heavy atom. The molecule has 0 saturated carbocycles. The van der Waals surface area contributed by atoms with Crippen molar-refractivity contribution in [2.75, 3.05) is 0 Å². The molecular formula is C15H24N2. The Morgan fingerprint density at radius 3 is 2.65 bits per heavy atom. The van der Waals surface area contributed by atoms with Crippen LogP contribution < -0.4 is 11.3 Å². The fraction of sp³-hybridized carbons (Fsp3) is 0.600. The Balaban J connectivity index is 2.22. The lowest BCUT2D eigenvalue weighted by Gasteiger charge is -2.30. The molecule has 0 bridgehead atoms. The number of fused-ring (bicyclic) bond motifs is 1. The Hall–Kier alpha value is -0.860. The summed E-state index contributed by atoms with van der Waals surface area (Å²) in [5, 5.41) is 0. The van der Waals surface area contributed by atoms with Crippen LogP contribution in [0.5, 0.6) is 0 Å². The number of hydrogen-bond donors (Lipinski definition) is 2. The second kappa shape index (κ2) is 5.65. The largest absolute Gasteiger partial charge is 0.271 e. The standard InChI is InChI=1S/C15H24N2/c1-3-11(4-2)15(17-16)14-10-9-12-7-5-6-8-13(12)14/h5-8,11,14-15,17H,3-4,9-10,16H2,1-2H3. The van der Waals surface area contributed by atoms with Crippen LogP contribution in [0, 0.1) is 5.92 Å². The normalized spacial score (nSPS) is 20.6. The minimum absolute atomic E-state index is 0.425. The minimum atomic E-state index is 0.425. The third-order valence-electron chi connectivity index (χ3n) is 4.36. The molecule has 1 aliphatic carbocycles. The molecule has 0 fully saturated rings. The molecule has 2 unspecified atom stereocenters. The van der Waals surface area contributed by atoms with Crippen molar-refractivity contribution >= 4 is 0 Å². The van der Waals surface area contributed by atoms with Crippen LogP contribution in [0.25, 0.3) is 0 Å². The van der Waals surface area contributed by atoms with Gasteiger partial charge in [0.25, 0.3) is 0 Å². The van der Waals surface area contributed by atoms with Crippen LogP contribution >= 0.6 is 0 Å². The number of benzene rings is 1. The first-order valence-electron chi connectivity index (χ1n) is 6.85. The lowest BCUT2D eigenvalue weighted by molar-refractivity contribution is 0.291. The first-order chi connectivity index (χ1) is 8.31. The van der Waals surface area contributed by atoms with Gasteiger partial charge in [0, 0.05) is 12.0 Å². The highest BCUT2D eigenvalue weighted by Crippen LogP contribution is 2.38. The lowest BCUT2D eigenvalue weighted by Crippen LogP contribution is -2.44. The van der Waals surface area contributed by atoms with Gasteiger partial charge in [0.2, 0.25) is 0 Å². The summed E-state index contributed by atoms with van der Waals surface area (Å²) >= 11 is 0. The van der Waals surface area contributed by atoms with Gasteiger partial charge in [0.05, 0.1) is 0 Å². The van der Waals surface area contributed by atoms with Crippen LogP contribution in [0.15, 0.2) is 24.3 Å². The smallest absolute Gasteiger partial charge is 0.0307 e. The Kier molecular flexibility index (Phi) is 4.19. The summed E-state index contributed by atoms with van der Waals surface area (Å²) < 4.78 is 0. The van der Waals surface area contributed by atoms with E-state index >= 15 is 0 Å². The van der Waals surface area contributed by atoms with Crippen molar-refractivity contribution in [2.24, 2.45) is 11.8 Å². The third-order valence-corrected chi connectivity index (χ3v) is 4.36. The molecule has 2 rings (SSSR count). The van der Waals surface area contributed by atoms with Crippen molar-refractivity contribution in [3.63, 3.8) is 0 Å². The maximum absolute atomic E-state index is 5.81. The molecular weight excluding hydrogens is 208 g/mol. The van der Waals surface area contributed by atoms with Crippen LogP contribution in [-0.4, -0.2) is 6.04 Å². The van der Waals surface area contributed by atoms with Gasteiger partial charge in [-0.15, -0.1) is 0 Å². The molecule has 0 aliphatic heterocycles. The Bertz CT molecular complexity index is 358. The zero-order valence-electron chi connectivity index (χ0n) is 10.9. The predicted octanol–water partition coefficient (Wildman–Crippen LogP) is 2.98. The topological polar surface area (TPSA) is 38.0 Å². The second-order valence-corrected chi connectivity index (χ2v) is 5.11. The monoisotopic (exact) mass is 232 g/mol. The molecule has 1 aliphatic rings. The molecule has 0 heterocycles. The zero-order chi connectivity index (χ0) is 12.3. The molecule has 0 spiro atoms. The summed E-state index contributed by atoms with van der Waals surface area (Å²) in [7, 11) is 0. The zero-order valence-corrected chi connectivity index (χ0v) is 10.9. The number of aryl methyl sites for hydroxylation is 1. The fourth-order valence-corrected chi connectivity index (χ4v) is 3.34. The molecule has 2 heteroatoms. The summed E-state index contributed by atoms with van der Waals surface area (Å²) in [6.45, 7) is 4.53.